The number of nitrogens with two attached hydrogens (primary N) is 2. The Balaban J connectivity index is 0. The number of carboxylic acid groups (broad SMARTS) is 2. The molecule has 0 fully saturated rings. The Kier molecular flexibility index (Phi) is 8.17. The lowest BCUT2D eigenvalue weighted by molar-refractivity contribution is -0.140. The molecule has 7 N–H and O–H groups in total. The van der Waals surface area contributed by atoms with Gasteiger partial charge in [-0.1, -0.05) is 0 Å². The van der Waals surface area contributed by atoms with Crippen LogP contribution in [0, 0.1) is 0 Å². The molecule has 0 aromatic rings. The Morgan fingerprint density at radius 1 is 1.25 bits per heavy atom. The van der Waals surface area contributed by atoms with Gasteiger partial charge >= 0.3 is 11.9 Å². The Hall–Kier alpha value is -0.830. The predicted octanol–water partition coefficient (Wildman–Crippen LogP) is -1.50. The lowest BCUT2D eigenvalue weighted by Crippen LogP contribution is -2.45. The van der Waals surface area contributed by atoms with Crippen molar-refractivity contribution >= 4 is 24.6 Å². The fraction of sp³-hybridized carbons (Fsp3) is 0.750. The molecule has 0 aromatic heterocycles. The van der Waals surface area contributed by atoms with Crippen LogP contribution < -0.4 is 11.5 Å². The van der Waals surface area contributed by atoms with Crippen molar-refractivity contribution in [3.05, 3.63) is 0 Å². The second kappa shape index (κ2) is 7.44. The maximum Gasteiger partial charge on any atom is 0.322 e. The molecule has 0 unspecified atom stereocenters. The van der Waals surface area contributed by atoms with Crippen LogP contribution in [0.15, 0.2) is 0 Å². The second-order valence-corrected chi connectivity index (χ2v) is 4.75. The second-order valence-electron chi connectivity index (χ2n) is 3.60. The molecule has 2 atom stereocenters. The summed E-state index contributed by atoms with van der Waals surface area (Å²) < 4.78 is -0.647. The van der Waals surface area contributed by atoms with E-state index in [-0.39, 0.29) is 0 Å². The lowest BCUT2D eigenvalue weighted by Gasteiger charge is -2.21. The van der Waals surface area contributed by atoms with E-state index in [2.05, 4.69) is 12.6 Å². The van der Waals surface area contributed by atoms with Crippen molar-refractivity contribution in [3.8, 4) is 0 Å². The molecule has 0 saturated heterocycles. The number of aliphatic hydroxyl groups excluding tert-OH is 1. The summed E-state index contributed by atoms with van der Waals surface area (Å²) >= 11 is 3.98. The summed E-state index contributed by atoms with van der Waals surface area (Å²) in [6.07, 6.45) is 0. The molecule has 0 saturated carbocycles. The number of rotatable bonds is 4. The summed E-state index contributed by atoms with van der Waals surface area (Å²) in [6.45, 7) is 2.82. The summed E-state index contributed by atoms with van der Waals surface area (Å²) in [5.41, 5.74) is 9.98. The molecule has 16 heavy (non-hydrogen) atoms. The van der Waals surface area contributed by atoms with Crippen LogP contribution in [0.2, 0.25) is 0 Å². The van der Waals surface area contributed by atoms with E-state index in [0.717, 1.165) is 0 Å². The first-order chi connectivity index (χ1) is 7.03. The van der Waals surface area contributed by atoms with Crippen LogP contribution in [-0.2, 0) is 9.59 Å². The van der Waals surface area contributed by atoms with Crippen LogP contribution in [0.4, 0.5) is 0 Å². The minimum absolute atomic E-state index is 0.505. The Labute approximate surface area is 98.8 Å². The number of hydrogen-bond acceptors (Lipinski definition) is 6. The molecule has 0 aromatic carbocycles. The fourth-order valence-electron chi connectivity index (χ4n) is 0.380. The zero-order chi connectivity index (χ0) is 13.5. The largest absolute Gasteiger partial charge is 0.480 e. The zero-order valence-electron chi connectivity index (χ0n) is 9.12. The SMILES string of the molecule is CC(C)(S)[C@H](N)C(=O)O.N[C@@H](CO)C(=O)O. The Bertz CT molecular complexity index is 241. The highest BCUT2D eigenvalue weighted by Crippen LogP contribution is 2.15. The van der Waals surface area contributed by atoms with Gasteiger partial charge in [0.15, 0.2) is 0 Å². The normalized spacial score (nSPS) is 14.4. The summed E-state index contributed by atoms with van der Waals surface area (Å²) in [5, 5.41) is 24.2. The van der Waals surface area contributed by atoms with Gasteiger partial charge in [0, 0.05) is 4.75 Å². The molecular weight excluding hydrogens is 236 g/mol. The van der Waals surface area contributed by atoms with Gasteiger partial charge in [-0.15, -0.1) is 0 Å². The van der Waals surface area contributed by atoms with E-state index < -0.39 is 35.4 Å². The third-order valence-electron chi connectivity index (χ3n) is 1.54. The molecule has 0 heterocycles. The number of aliphatic hydroxyl groups is 1. The van der Waals surface area contributed by atoms with E-state index in [0.29, 0.717) is 0 Å². The van der Waals surface area contributed by atoms with Crippen molar-refractivity contribution in [1.29, 1.82) is 0 Å². The summed E-state index contributed by atoms with van der Waals surface area (Å²) in [7, 11) is 0. The molecule has 8 heteroatoms. The van der Waals surface area contributed by atoms with Gasteiger partial charge in [0.05, 0.1) is 6.61 Å². The van der Waals surface area contributed by atoms with E-state index in [4.69, 9.17) is 26.8 Å². The van der Waals surface area contributed by atoms with Gasteiger partial charge < -0.3 is 26.8 Å². The molecule has 0 aliphatic carbocycles. The van der Waals surface area contributed by atoms with E-state index in [1.165, 1.54) is 0 Å². The third kappa shape index (κ3) is 8.48. The van der Waals surface area contributed by atoms with Gasteiger partial charge in [-0.25, -0.2) is 0 Å². The van der Waals surface area contributed by atoms with Crippen LogP contribution in [0.5, 0.6) is 0 Å². The summed E-state index contributed by atoms with van der Waals surface area (Å²) in [4.78, 5) is 19.8. The number of carbonyl (C=O) groups is 2. The van der Waals surface area contributed by atoms with E-state index in [1.807, 2.05) is 0 Å². The highest BCUT2D eigenvalue weighted by Gasteiger charge is 2.27. The van der Waals surface area contributed by atoms with Crippen LogP contribution in [-0.4, -0.2) is 50.7 Å². The van der Waals surface area contributed by atoms with Crippen molar-refractivity contribution in [1.82, 2.24) is 0 Å². The maximum atomic E-state index is 10.2. The van der Waals surface area contributed by atoms with Gasteiger partial charge in [-0.05, 0) is 13.8 Å². The molecule has 0 aliphatic heterocycles. The van der Waals surface area contributed by atoms with Crippen LogP contribution in [0.3, 0.4) is 0 Å². The number of thiol groups is 1. The van der Waals surface area contributed by atoms with Crippen LogP contribution in [0.1, 0.15) is 13.8 Å². The lowest BCUT2D eigenvalue weighted by atomic mass is 10.1. The van der Waals surface area contributed by atoms with Crippen LogP contribution in [0.25, 0.3) is 0 Å². The van der Waals surface area contributed by atoms with Crippen molar-refractivity contribution in [2.75, 3.05) is 6.61 Å². The van der Waals surface area contributed by atoms with Gasteiger partial charge in [0.2, 0.25) is 0 Å². The predicted molar refractivity (Wildman–Crippen MR) is 61.4 cm³/mol. The molecule has 0 spiro atoms. The highest BCUT2D eigenvalue weighted by molar-refractivity contribution is 7.81. The van der Waals surface area contributed by atoms with Gasteiger partial charge in [-0.2, -0.15) is 12.6 Å². The molecule has 0 bridgehead atoms. The molecule has 0 rings (SSSR count). The monoisotopic (exact) mass is 254 g/mol. The van der Waals surface area contributed by atoms with E-state index >= 15 is 0 Å². The molecule has 7 nitrogen and oxygen atoms in total. The van der Waals surface area contributed by atoms with E-state index in [9.17, 15) is 9.59 Å². The molecule has 0 amide bonds. The topological polar surface area (TPSA) is 147 Å². The average molecular weight is 254 g/mol. The smallest absolute Gasteiger partial charge is 0.322 e. The van der Waals surface area contributed by atoms with Crippen molar-refractivity contribution in [2.45, 2.75) is 30.7 Å². The molecule has 0 radical (unpaired) electrons. The minimum atomic E-state index is -1.18. The number of aliphatic carboxylic acids is 2. The standard InChI is InChI=1S/C5H11NO2S.C3H7NO3/c1-5(2,9)3(6)4(7)8;4-2(1-5)3(6)7/h3,9H,6H2,1-2H3,(H,7,8);2,5H,1,4H2,(H,6,7)/t3-;2-/m10/s1. The quantitative estimate of drug-likeness (QED) is 0.334. The molecule has 0 aliphatic rings. The van der Waals surface area contributed by atoms with Gasteiger partial charge in [-0.3, -0.25) is 9.59 Å². The van der Waals surface area contributed by atoms with Crippen molar-refractivity contribution in [2.24, 2.45) is 11.5 Å². The number of hydrogen-bond donors (Lipinski definition) is 6. The first-order valence-electron chi connectivity index (χ1n) is 4.34. The zero-order valence-corrected chi connectivity index (χ0v) is 10.0. The van der Waals surface area contributed by atoms with E-state index in [1.54, 1.807) is 13.8 Å². The molecule has 96 valence electrons. The molecular formula is C8H18N2O5S. The first kappa shape index (κ1) is 17.6. The third-order valence-corrected chi connectivity index (χ3v) is 1.82. The minimum Gasteiger partial charge on any atom is -0.480 e. The van der Waals surface area contributed by atoms with Gasteiger partial charge in [0.1, 0.15) is 12.1 Å². The average Bonchev–Trinajstić information content (AvgIpc) is 2.14. The Morgan fingerprint density at radius 2 is 1.62 bits per heavy atom. The maximum absolute atomic E-state index is 10.2. The van der Waals surface area contributed by atoms with Crippen molar-refractivity contribution < 1.29 is 24.9 Å². The van der Waals surface area contributed by atoms with Gasteiger partial charge in [0.25, 0.3) is 0 Å². The van der Waals surface area contributed by atoms with Crippen LogP contribution >= 0.6 is 12.6 Å². The summed E-state index contributed by atoms with van der Waals surface area (Å²) in [6, 6.07) is -2.03. The Morgan fingerprint density at radius 3 is 1.62 bits per heavy atom. The number of carboxylic acids is 2. The fourth-order valence-corrected chi connectivity index (χ4v) is 0.491. The van der Waals surface area contributed by atoms with Crippen molar-refractivity contribution in [3.63, 3.8) is 0 Å². The first-order valence-corrected chi connectivity index (χ1v) is 4.78. The highest BCUT2D eigenvalue weighted by atomic mass is 32.1. The summed E-state index contributed by atoms with van der Waals surface area (Å²) in [5.74, 6) is -2.20.